The Labute approximate surface area is 70.0 Å². The molecule has 1 aromatic carbocycles. The van der Waals surface area contributed by atoms with E-state index in [4.69, 9.17) is 9.69 Å². The minimum atomic E-state index is 0.847. The predicted octanol–water partition coefficient (Wildman–Crippen LogP) is 2.48. The maximum atomic E-state index is 4.76. The van der Waals surface area contributed by atoms with Crippen molar-refractivity contribution in [1.29, 1.82) is 0 Å². The second-order valence-electron chi connectivity index (χ2n) is 1.55. The SMILES string of the molecule is Cc1[c-]cccc1.[Cl][Zn+]. The van der Waals surface area contributed by atoms with E-state index in [1.54, 1.807) is 0 Å². The second kappa shape index (κ2) is 6.26. The van der Waals surface area contributed by atoms with E-state index in [0.29, 0.717) is 0 Å². The third kappa shape index (κ3) is 4.63. The van der Waals surface area contributed by atoms with Crippen molar-refractivity contribution in [2.24, 2.45) is 0 Å². The van der Waals surface area contributed by atoms with Gasteiger partial charge in [-0.3, -0.25) is 0 Å². The molecule has 0 aliphatic carbocycles. The summed E-state index contributed by atoms with van der Waals surface area (Å²) in [4.78, 5) is 0. The normalized spacial score (nSPS) is 7.56. The van der Waals surface area contributed by atoms with Crippen molar-refractivity contribution in [2.45, 2.75) is 6.92 Å². The molecule has 0 heterocycles. The molecule has 0 saturated heterocycles. The summed E-state index contributed by atoms with van der Waals surface area (Å²) >= 11 is 0.847. The van der Waals surface area contributed by atoms with Crippen LogP contribution in [-0.4, -0.2) is 0 Å². The zero-order chi connectivity index (χ0) is 7.11. The van der Waals surface area contributed by atoms with Gasteiger partial charge in [0.25, 0.3) is 0 Å². The van der Waals surface area contributed by atoms with Crippen molar-refractivity contribution >= 4 is 9.69 Å². The first kappa shape index (κ1) is 9.13. The molecule has 0 bridgehead atoms. The number of aryl methyl sites for hydroxylation is 1. The molecule has 0 amide bonds. The average molecular weight is 192 g/mol. The van der Waals surface area contributed by atoms with E-state index in [2.05, 4.69) is 6.07 Å². The van der Waals surface area contributed by atoms with Gasteiger partial charge in [0.2, 0.25) is 0 Å². The van der Waals surface area contributed by atoms with Gasteiger partial charge in [0.05, 0.1) is 0 Å². The molecular weight excluding hydrogens is 185 g/mol. The quantitative estimate of drug-likeness (QED) is 0.437. The van der Waals surface area contributed by atoms with Crippen molar-refractivity contribution in [3.8, 4) is 0 Å². The zero-order valence-electron chi connectivity index (χ0n) is 5.39. The zero-order valence-corrected chi connectivity index (χ0v) is 9.12. The van der Waals surface area contributed by atoms with Gasteiger partial charge in [-0.2, -0.15) is 35.9 Å². The molecule has 0 fully saturated rings. The Morgan fingerprint density at radius 1 is 1.44 bits per heavy atom. The molecule has 44 valence electrons. The van der Waals surface area contributed by atoms with Gasteiger partial charge < -0.3 is 0 Å². The van der Waals surface area contributed by atoms with Gasteiger partial charge in [0, 0.05) is 0 Å². The van der Waals surface area contributed by atoms with Crippen LogP contribution < -0.4 is 0 Å². The van der Waals surface area contributed by atoms with E-state index in [0.717, 1.165) is 17.3 Å². The van der Waals surface area contributed by atoms with E-state index in [1.807, 2.05) is 31.2 Å². The summed E-state index contributed by atoms with van der Waals surface area (Å²) in [6.07, 6.45) is 0. The molecule has 0 N–H and O–H groups in total. The number of benzene rings is 1. The molecule has 0 aliphatic rings. The topological polar surface area (TPSA) is 0 Å². The molecule has 0 saturated carbocycles. The molecule has 1 aromatic rings. The molecule has 0 radical (unpaired) electrons. The van der Waals surface area contributed by atoms with E-state index in [9.17, 15) is 0 Å². The van der Waals surface area contributed by atoms with Gasteiger partial charge in [-0.05, 0) is 0 Å². The second-order valence-corrected chi connectivity index (χ2v) is 1.55. The summed E-state index contributed by atoms with van der Waals surface area (Å²) < 4.78 is 0. The van der Waals surface area contributed by atoms with E-state index >= 15 is 0 Å². The van der Waals surface area contributed by atoms with Crippen LogP contribution in [0.15, 0.2) is 24.3 Å². The standard InChI is InChI=1S/C7H7.ClH.Zn/c1-7-5-3-2-4-6-7;;/h2-5H,1H3;1H;/q-1;;+2/p-1. The summed E-state index contributed by atoms with van der Waals surface area (Å²) in [6, 6.07) is 10.9. The summed E-state index contributed by atoms with van der Waals surface area (Å²) in [5.41, 5.74) is 1.20. The van der Waals surface area contributed by atoms with Crippen molar-refractivity contribution in [2.75, 3.05) is 0 Å². The number of hydrogen-bond acceptors (Lipinski definition) is 0. The van der Waals surface area contributed by atoms with Crippen LogP contribution in [0.2, 0.25) is 0 Å². The van der Waals surface area contributed by atoms with Crippen molar-refractivity contribution in [3.63, 3.8) is 0 Å². The first-order valence-electron chi connectivity index (χ1n) is 2.59. The number of hydrogen-bond donors (Lipinski definition) is 0. The van der Waals surface area contributed by atoms with Crippen LogP contribution in [0.25, 0.3) is 0 Å². The fourth-order valence-electron chi connectivity index (χ4n) is 0.483. The fraction of sp³-hybridized carbons (Fsp3) is 0.143. The van der Waals surface area contributed by atoms with Gasteiger partial charge in [-0.15, -0.1) is 0 Å². The van der Waals surface area contributed by atoms with Crippen LogP contribution in [0, 0.1) is 13.0 Å². The average Bonchev–Trinajstić information content (AvgIpc) is 1.94. The molecule has 0 spiro atoms. The van der Waals surface area contributed by atoms with Gasteiger partial charge in [-0.1, -0.05) is 6.92 Å². The van der Waals surface area contributed by atoms with Crippen LogP contribution in [0.5, 0.6) is 0 Å². The van der Waals surface area contributed by atoms with Crippen LogP contribution in [0.1, 0.15) is 5.56 Å². The van der Waals surface area contributed by atoms with Crippen molar-refractivity contribution in [1.82, 2.24) is 0 Å². The van der Waals surface area contributed by atoms with Crippen molar-refractivity contribution in [3.05, 3.63) is 35.9 Å². The van der Waals surface area contributed by atoms with E-state index in [1.165, 1.54) is 5.56 Å². The van der Waals surface area contributed by atoms with E-state index in [-0.39, 0.29) is 0 Å². The van der Waals surface area contributed by atoms with Gasteiger partial charge >= 0.3 is 27.0 Å². The molecule has 1 rings (SSSR count). The Morgan fingerprint density at radius 3 is 2.33 bits per heavy atom. The Morgan fingerprint density at radius 2 is 2.11 bits per heavy atom. The Bertz CT molecular complexity index is 139. The molecular formula is C7H7ClZn. The number of rotatable bonds is 0. The molecule has 0 aromatic heterocycles. The minimum absolute atomic E-state index is 0.847. The first-order valence-corrected chi connectivity index (χ1v) is 6.49. The Balaban J connectivity index is 0.000000291. The first-order chi connectivity index (χ1) is 4.39. The van der Waals surface area contributed by atoms with Gasteiger partial charge in [0.15, 0.2) is 0 Å². The van der Waals surface area contributed by atoms with E-state index < -0.39 is 0 Å². The molecule has 0 atom stereocenters. The van der Waals surface area contributed by atoms with Gasteiger partial charge in [-0.25, -0.2) is 0 Å². The molecule has 0 unspecified atom stereocenters. The third-order valence-electron chi connectivity index (χ3n) is 0.865. The summed E-state index contributed by atoms with van der Waals surface area (Å²) in [7, 11) is 4.76. The molecule has 0 aliphatic heterocycles. The maximum absolute atomic E-state index is 4.76. The predicted molar refractivity (Wildman–Crippen MR) is 35.9 cm³/mol. The summed E-state index contributed by atoms with van der Waals surface area (Å²) in [5, 5.41) is 0. The Kier molecular flexibility index (Phi) is 6.35. The fourth-order valence-corrected chi connectivity index (χ4v) is 0.483. The van der Waals surface area contributed by atoms with Crippen LogP contribution >= 0.6 is 9.69 Å². The Hall–Kier alpha value is 0.133. The van der Waals surface area contributed by atoms with Crippen LogP contribution in [0.3, 0.4) is 0 Å². The molecule has 2 heteroatoms. The molecule has 0 nitrogen and oxygen atoms in total. The summed E-state index contributed by atoms with van der Waals surface area (Å²) in [5.74, 6) is 0. The monoisotopic (exact) mass is 190 g/mol. The van der Waals surface area contributed by atoms with Crippen LogP contribution in [0.4, 0.5) is 0 Å². The van der Waals surface area contributed by atoms with Gasteiger partial charge in [0.1, 0.15) is 0 Å². The molecule has 9 heavy (non-hydrogen) atoms. The van der Waals surface area contributed by atoms with Crippen LogP contribution in [-0.2, 0) is 17.3 Å². The third-order valence-corrected chi connectivity index (χ3v) is 0.865. The summed E-state index contributed by atoms with van der Waals surface area (Å²) in [6.45, 7) is 2.03. The number of halogens is 1. The van der Waals surface area contributed by atoms with Crippen molar-refractivity contribution < 1.29 is 17.3 Å².